The van der Waals surface area contributed by atoms with Crippen molar-refractivity contribution in [3.63, 3.8) is 0 Å². The van der Waals surface area contributed by atoms with Crippen LogP contribution in [0.4, 0.5) is 0 Å². The quantitative estimate of drug-likeness (QED) is 0.920. The van der Waals surface area contributed by atoms with Crippen LogP contribution < -0.4 is 0 Å². The monoisotopic (exact) mass is 336 g/mol. The molecule has 108 valence electrons. The minimum atomic E-state index is 0.0565. The van der Waals surface area contributed by atoms with Crippen molar-refractivity contribution in [2.45, 2.75) is 47.1 Å². The Labute approximate surface area is 128 Å². The molecule has 0 fully saturated rings. The molecule has 1 aromatic heterocycles. The number of benzene rings is 1. The van der Waals surface area contributed by atoms with E-state index < -0.39 is 0 Å². The zero-order valence-corrected chi connectivity index (χ0v) is 14.1. The summed E-state index contributed by atoms with van der Waals surface area (Å²) in [5.41, 5.74) is 6.57. The van der Waals surface area contributed by atoms with Gasteiger partial charge in [-0.05, 0) is 49.9 Å². The summed E-state index contributed by atoms with van der Waals surface area (Å²) >= 11 is 3.53. The molecule has 1 N–H and O–H groups in total. The summed E-state index contributed by atoms with van der Waals surface area (Å²) in [4.78, 5) is 0. The topological polar surface area (TPSA) is 38.0 Å². The third-order valence-corrected chi connectivity index (χ3v) is 4.13. The summed E-state index contributed by atoms with van der Waals surface area (Å²) in [5, 5.41) is 14.4. The molecule has 2 aromatic rings. The first-order valence-corrected chi connectivity index (χ1v) is 7.80. The molecule has 0 aliphatic heterocycles. The van der Waals surface area contributed by atoms with Gasteiger partial charge in [0.05, 0.1) is 18.0 Å². The molecule has 0 unspecified atom stereocenters. The van der Waals surface area contributed by atoms with E-state index in [-0.39, 0.29) is 6.61 Å². The second-order valence-corrected chi connectivity index (χ2v) is 5.95. The molecular weight excluding hydrogens is 316 g/mol. The minimum absolute atomic E-state index is 0.0565. The van der Waals surface area contributed by atoms with Crippen molar-refractivity contribution in [2.24, 2.45) is 0 Å². The van der Waals surface area contributed by atoms with Gasteiger partial charge in [0, 0.05) is 15.7 Å². The largest absolute Gasteiger partial charge is 0.392 e. The molecule has 0 saturated carbocycles. The minimum Gasteiger partial charge on any atom is -0.392 e. The van der Waals surface area contributed by atoms with Crippen molar-refractivity contribution in [3.8, 4) is 5.69 Å². The van der Waals surface area contributed by atoms with Gasteiger partial charge < -0.3 is 5.11 Å². The van der Waals surface area contributed by atoms with Crippen LogP contribution in [-0.2, 0) is 19.4 Å². The molecule has 0 spiro atoms. The zero-order valence-electron chi connectivity index (χ0n) is 12.5. The standard InChI is InChI=1S/C16H21BrN2O/c1-5-14-13(9-20)15(6-2)19(18-14)16-10(3)7-12(17)8-11(16)4/h7-8,20H,5-6,9H2,1-4H3. The molecular formula is C16H21BrN2O. The number of aromatic nitrogens is 2. The Bertz CT molecular complexity index is 609. The fourth-order valence-corrected chi connectivity index (χ4v) is 3.47. The van der Waals surface area contributed by atoms with Crippen LogP contribution in [-0.4, -0.2) is 14.9 Å². The molecule has 0 amide bonds. The average molecular weight is 337 g/mol. The van der Waals surface area contributed by atoms with Gasteiger partial charge >= 0.3 is 0 Å². The predicted octanol–water partition coefficient (Wildman–Crippen LogP) is 3.87. The molecule has 1 heterocycles. The van der Waals surface area contributed by atoms with Gasteiger partial charge in [-0.15, -0.1) is 0 Å². The van der Waals surface area contributed by atoms with Crippen LogP contribution in [0.15, 0.2) is 16.6 Å². The second kappa shape index (κ2) is 6.10. The number of hydrogen-bond donors (Lipinski definition) is 1. The van der Waals surface area contributed by atoms with E-state index in [4.69, 9.17) is 5.10 Å². The smallest absolute Gasteiger partial charge is 0.0718 e. The summed E-state index contributed by atoms with van der Waals surface area (Å²) in [6, 6.07) is 4.21. The fraction of sp³-hybridized carbons (Fsp3) is 0.438. The van der Waals surface area contributed by atoms with Gasteiger partial charge in [0.15, 0.2) is 0 Å². The van der Waals surface area contributed by atoms with Crippen molar-refractivity contribution in [3.05, 3.63) is 44.7 Å². The van der Waals surface area contributed by atoms with E-state index in [2.05, 4.69) is 55.8 Å². The number of aliphatic hydroxyl groups is 1. The van der Waals surface area contributed by atoms with Crippen LogP contribution in [0.25, 0.3) is 5.69 Å². The summed E-state index contributed by atoms with van der Waals surface area (Å²) in [6.07, 6.45) is 1.70. The van der Waals surface area contributed by atoms with Crippen molar-refractivity contribution >= 4 is 15.9 Å². The van der Waals surface area contributed by atoms with E-state index >= 15 is 0 Å². The summed E-state index contributed by atoms with van der Waals surface area (Å²) < 4.78 is 3.10. The maximum absolute atomic E-state index is 9.64. The molecule has 0 bridgehead atoms. The van der Waals surface area contributed by atoms with E-state index in [1.54, 1.807) is 0 Å². The third kappa shape index (κ3) is 2.54. The summed E-state index contributed by atoms with van der Waals surface area (Å²) in [5.74, 6) is 0. The summed E-state index contributed by atoms with van der Waals surface area (Å²) in [7, 11) is 0. The van der Waals surface area contributed by atoms with Crippen LogP contribution in [0.1, 0.15) is 41.9 Å². The van der Waals surface area contributed by atoms with Crippen LogP contribution in [0.5, 0.6) is 0 Å². The third-order valence-electron chi connectivity index (χ3n) is 3.67. The van der Waals surface area contributed by atoms with E-state index in [0.29, 0.717) is 0 Å². The Kier molecular flexibility index (Phi) is 4.66. The molecule has 0 saturated heterocycles. The van der Waals surface area contributed by atoms with Gasteiger partial charge in [-0.1, -0.05) is 29.8 Å². The molecule has 0 aliphatic carbocycles. The molecule has 2 rings (SSSR count). The normalized spacial score (nSPS) is 11.1. The van der Waals surface area contributed by atoms with Gasteiger partial charge in [-0.25, -0.2) is 4.68 Å². The first-order chi connectivity index (χ1) is 9.53. The van der Waals surface area contributed by atoms with E-state index in [9.17, 15) is 5.11 Å². The lowest BCUT2D eigenvalue weighted by Crippen LogP contribution is -2.07. The van der Waals surface area contributed by atoms with Gasteiger partial charge in [0.25, 0.3) is 0 Å². The van der Waals surface area contributed by atoms with E-state index in [1.807, 2.05) is 4.68 Å². The van der Waals surface area contributed by atoms with Crippen LogP contribution >= 0.6 is 15.9 Å². The highest BCUT2D eigenvalue weighted by Crippen LogP contribution is 2.27. The SMILES string of the molecule is CCc1nn(-c2c(C)cc(Br)cc2C)c(CC)c1CO. The maximum atomic E-state index is 9.64. The van der Waals surface area contributed by atoms with Gasteiger partial charge in [-0.2, -0.15) is 5.10 Å². The molecule has 3 nitrogen and oxygen atoms in total. The van der Waals surface area contributed by atoms with Crippen molar-refractivity contribution in [2.75, 3.05) is 0 Å². The maximum Gasteiger partial charge on any atom is 0.0718 e. The number of rotatable bonds is 4. The second-order valence-electron chi connectivity index (χ2n) is 5.04. The van der Waals surface area contributed by atoms with Gasteiger partial charge in [-0.3, -0.25) is 0 Å². The zero-order chi connectivity index (χ0) is 14.9. The Hall–Kier alpha value is -1.13. The Morgan fingerprint density at radius 3 is 2.20 bits per heavy atom. The molecule has 20 heavy (non-hydrogen) atoms. The lowest BCUT2D eigenvalue weighted by Gasteiger charge is -2.14. The van der Waals surface area contributed by atoms with Crippen molar-refractivity contribution in [1.29, 1.82) is 0 Å². The summed E-state index contributed by atoms with van der Waals surface area (Å²) in [6.45, 7) is 8.43. The van der Waals surface area contributed by atoms with E-state index in [1.165, 1.54) is 11.1 Å². The number of hydrogen-bond acceptors (Lipinski definition) is 2. The number of nitrogens with zero attached hydrogens (tertiary/aromatic N) is 2. The Balaban J connectivity index is 2.73. The molecule has 4 heteroatoms. The lowest BCUT2D eigenvalue weighted by atomic mass is 10.1. The number of aliphatic hydroxyl groups excluding tert-OH is 1. The molecule has 0 atom stereocenters. The molecule has 1 aromatic carbocycles. The lowest BCUT2D eigenvalue weighted by molar-refractivity contribution is 0.279. The highest BCUT2D eigenvalue weighted by atomic mass is 79.9. The number of aryl methyl sites for hydroxylation is 3. The predicted molar refractivity (Wildman–Crippen MR) is 85.4 cm³/mol. The first-order valence-electron chi connectivity index (χ1n) is 7.01. The first kappa shape index (κ1) is 15.3. The highest BCUT2D eigenvalue weighted by Gasteiger charge is 2.18. The van der Waals surface area contributed by atoms with Crippen molar-refractivity contribution < 1.29 is 5.11 Å². The highest BCUT2D eigenvalue weighted by molar-refractivity contribution is 9.10. The van der Waals surface area contributed by atoms with Crippen LogP contribution in [0.3, 0.4) is 0 Å². The number of halogens is 1. The fourth-order valence-electron chi connectivity index (χ4n) is 2.79. The van der Waals surface area contributed by atoms with Gasteiger partial charge in [0.2, 0.25) is 0 Å². The van der Waals surface area contributed by atoms with Crippen molar-refractivity contribution in [1.82, 2.24) is 9.78 Å². The average Bonchev–Trinajstić information content (AvgIpc) is 2.74. The molecule has 0 aliphatic rings. The van der Waals surface area contributed by atoms with Crippen LogP contribution in [0.2, 0.25) is 0 Å². The van der Waals surface area contributed by atoms with E-state index in [0.717, 1.165) is 40.0 Å². The Morgan fingerprint density at radius 2 is 1.75 bits per heavy atom. The van der Waals surface area contributed by atoms with Gasteiger partial charge in [0.1, 0.15) is 0 Å². The molecule has 0 radical (unpaired) electrons. The van der Waals surface area contributed by atoms with Crippen LogP contribution in [0, 0.1) is 13.8 Å². The Morgan fingerprint density at radius 1 is 1.15 bits per heavy atom.